The van der Waals surface area contributed by atoms with Gasteiger partial charge in [-0.05, 0) is 49.1 Å². The molecule has 2 N–H and O–H groups in total. The molecule has 2 aromatic carbocycles. The predicted molar refractivity (Wildman–Crippen MR) is 92.7 cm³/mol. The molecule has 0 amide bonds. The number of nitrogen functional groups attached to an aromatic ring is 1. The molecule has 0 aliphatic carbocycles. The zero-order chi connectivity index (χ0) is 14.9. The molecule has 112 valence electrons. The van der Waals surface area contributed by atoms with E-state index >= 15 is 0 Å². The Bertz CT molecular complexity index is 522. The Balaban J connectivity index is 1.90. The van der Waals surface area contributed by atoms with Gasteiger partial charge in [0, 0.05) is 24.5 Å². The lowest BCUT2D eigenvalue weighted by molar-refractivity contribution is 0.685. The SMILES string of the molecule is CCCCN(CCCc1cccc(N)c1)c1ccccc1. The van der Waals surface area contributed by atoms with Crippen molar-refractivity contribution in [2.24, 2.45) is 0 Å². The third kappa shape index (κ3) is 5.14. The average molecular weight is 282 g/mol. The van der Waals surface area contributed by atoms with Gasteiger partial charge in [0.15, 0.2) is 0 Å². The minimum absolute atomic E-state index is 0.860. The van der Waals surface area contributed by atoms with Gasteiger partial charge in [-0.15, -0.1) is 0 Å². The summed E-state index contributed by atoms with van der Waals surface area (Å²) in [6.45, 7) is 4.48. The van der Waals surface area contributed by atoms with Crippen LogP contribution in [0.4, 0.5) is 11.4 Å². The smallest absolute Gasteiger partial charge is 0.0366 e. The average Bonchev–Trinajstić information content (AvgIpc) is 2.51. The zero-order valence-corrected chi connectivity index (χ0v) is 13.0. The summed E-state index contributed by atoms with van der Waals surface area (Å²) in [4.78, 5) is 2.50. The molecule has 0 heterocycles. The Morgan fingerprint density at radius 2 is 1.67 bits per heavy atom. The lowest BCUT2D eigenvalue weighted by Gasteiger charge is -2.24. The molecule has 0 aliphatic heterocycles. The van der Waals surface area contributed by atoms with Crippen molar-refractivity contribution in [3.05, 3.63) is 60.2 Å². The number of hydrogen-bond acceptors (Lipinski definition) is 2. The maximum atomic E-state index is 5.84. The molecular weight excluding hydrogens is 256 g/mol. The fraction of sp³-hybridized carbons (Fsp3) is 0.368. The minimum Gasteiger partial charge on any atom is -0.399 e. The first kappa shape index (κ1) is 15.4. The van der Waals surface area contributed by atoms with Crippen LogP contribution in [0, 0.1) is 0 Å². The highest BCUT2D eigenvalue weighted by Gasteiger charge is 2.05. The summed E-state index contributed by atoms with van der Waals surface area (Å²) in [6, 6.07) is 18.9. The van der Waals surface area contributed by atoms with E-state index < -0.39 is 0 Å². The second-order valence-electron chi connectivity index (χ2n) is 5.52. The van der Waals surface area contributed by atoms with E-state index in [1.54, 1.807) is 0 Å². The van der Waals surface area contributed by atoms with Crippen LogP contribution in [0.1, 0.15) is 31.7 Å². The van der Waals surface area contributed by atoms with Crippen molar-refractivity contribution in [1.29, 1.82) is 0 Å². The number of hydrogen-bond donors (Lipinski definition) is 1. The highest BCUT2D eigenvalue weighted by atomic mass is 15.1. The fourth-order valence-corrected chi connectivity index (χ4v) is 2.58. The molecule has 2 aromatic rings. The van der Waals surface area contributed by atoms with Gasteiger partial charge in [0.25, 0.3) is 0 Å². The van der Waals surface area contributed by atoms with Crippen LogP contribution in [0.2, 0.25) is 0 Å². The summed E-state index contributed by atoms with van der Waals surface area (Å²) in [5.41, 5.74) is 9.36. The van der Waals surface area contributed by atoms with E-state index in [0.29, 0.717) is 0 Å². The molecule has 0 atom stereocenters. The zero-order valence-electron chi connectivity index (χ0n) is 13.0. The highest BCUT2D eigenvalue weighted by Crippen LogP contribution is 2.16. The standard InChI is InChI=1S/C19H26N2/c1-2-3-14-21(19-12-5-4-6-13-19)15-8-10-17-9-7-11-18(20)16-17/h4-7,9,11-13,16H,2-3,8,10,14-15,20H2,1H3. The number of unbranched alkanes of at least 4 members (excludes halogenated alkanes) is 1. The van der Waals surface area contributed by atoms with Crippen LogP contribution >= 0.6 is 0 Å². The summed E-state index contributed by atoms with van der Waals surface area (Å²) in [6.07, 6.45) is 4.72. The monoisotopic (exact) mass is 282 g/mol. The molecule has 0 unspecified atom stereocenters. The van der Waals surface area contributed by atoms with E-state index in [-0.39, 0.29) is 0 Å². The van der Waals surface area contributed by atoms with Gasteiger partial charge >= 0.3 is 0 Å². The minimum atomic E-state index is 0.860. The number of anilines is 2. The summed E-state index contributed by atoms with van der Waals surface area (Å²) < 4.78 is 0. The van der Waals surface area contributed by atoms with Gasteiger partial charge in [0.2, 0.25) is 0 Å². The van der Waals surface area contributed by atoms with E-state index in [2.05, 4.69) is 54.3 Å². The van der Waals surface area contributed by atoms with Crippen molar-refractivity contribution in [2.75, 3.05) is 23.7 Å². The van der Waals surface area contributed by atoms with Crippen LogP contribution in [0.15, 0.2) is 54.6 Å². The van der Waals surface area contributed by atoms with E-state index in [1.807, 2.05) is 12.1 Å². The fourth-order valence-electron chi connectivity index (χ4n) is 2.58. The second-order valence-corrected chi connectivity index (χ2v) is 5.52. The Morgan fingerprint density at radius 1 is 0.905 bits per heavy atom. The molecule has 0 fully saturated rings. The number of nitrogens with two attached hydrogens (primary N) is 1. The maximum Gasteiger partial charge on any atom is 0.0366 e. The van der Waals surface area contributed by atoms with Crippen LogP contribution in [0.5, 0.6) is 0 Å². The second kappa shape index (κ2) is 8.35. The first-order valence-electron chi connectivity index (χ1n) is 7.94. The number of para-hydroxylation sites is 1. The van der Waals surface area contributed by atoms with Gasteiger partial charge in [0.1, 0.15) is 0 Å². The van der Waals surface area contributed by atoms with Crippen LogP contribution < -0.4 is 10.6 Å². The Kier molecular flexibility index (Phi) is 6.14. The number of rotatable bonds is 8. The van der Waals surface area contributed by atoms with E-state index in [1.165, 1.54) is 24.1 Å². The Labute approximate surface area is 128 Å². The van der Waals surface area contributed by atoms with Crippen molar-refractivity contribution in [1.82, 2.24) is 0 Å². The Hall–Kier alpha value is -1.96. The normalized spacial score (nSPS) is 10.5. The van der Waals surface area contributed by atoms with Gasteiger partial charge in [-0.25, -0.2) is 0 Å². The van der Waals surface area contributed by atoms with Gasteiger partial charge in [-0.1, -0.05) is 43.7 Å². The predicted octanol–water partition coefficient (Wildman–Crippen LogP) is 4.51. The van der Waals surface area contributed by atoms with E-state index in [9.17, 15) is 0 Å². The molecule has 0 saturated heterocycles. The molecule has 0 bridgehead atoms. The first-order chi connectivity index (χ1) is 10.3. The molecule has 2 rings (SSSR count). The molecule has 0 radical (unpaired) electrons. The summed E-state index contributed by atoms with van der Waals surface area (Å²) in [5.74, 6) is 0. The van der Waals surface area contributed by atoms with Crippen molar-refractivity contribution in [3.8, 4) is 0 Å². The van der Waals surface area contributed by atoms with E-state index in [0.717, 1.165) is 31.6 Å². The topological polar surface area (TPSA) is 29.3 Å². The number of aryl methyl sites for hydroxylation is 1. The molecule has 2 nitrogen and oxygen atoms in total. The van der Waals surface area contributed by atoms with Crippen LogP contribution in [-0.2, 0) is 6.42 Å². The summed E-state index contributed by atoms with van der Waals surface area (Å²) >= 11 is 0. The van der Waals surface area contributed by atoms with Crippen molar-refractivity contribution in [2.45, 2.75) is 32.6 Å². The van der Waals surface area contributed by atoms with Gasteiger partial charge in [0.05, 0.1) is 0 Å². The largest absolute Gasteiger partial charge is 0.399 e. The molecule has 21 heavy (non-hydrogen) atoms. The molecule has 0 aliphatic rings. The molecular formula is C19H26N2. The summed E-state index contributed by atoms with van der Waals surface area (Å²) in [7, 11) is 0. The molecule has 2 heteroatoms. The van der Waals surface area contributed by atoms with Gasteiger partial charge in [-0.3, -0.25) is 0 Å². The van der Waals surface area contributed by atoms with Gasteiger partial charge < -0.3 is 10.6 Å². The van der Waals surface area contributed by atoms with Crippen molar-refractivity contribution >= 4 is 11.4 Å². The van der Waals surface area contributed by atoms with Gasteiger partial charge in [-0.2, -0.15) is 0 Å². The molecule has 0 saturated carbocycles. The van der Waals surface area contributed by atoms with Crippen LogP contribution in [0.3, 0.4) is 0 Å². The number of benzene rings is 2. The molecule has 0 spiro atoms. The third-order valence-corrected chi connectivity index (χ3v) is 3.75. The van der Waals surface area contributed by atoms with Crippen LogP contribution in [-0.4, -0.2) is 13.1 Å². The lowest BCUT2D eigenvalue weighted by Crippen LogP contribution is -2.25. The summed E-state index contributed by atoms with van der Waals surface area (Å²) in [5, 5.41) is 0. The molecule has 0 aromatic heterocycles. The first-order valence-corrected chi connectivity index (χ1v) is 7.94. The van der Waals surface area contributed by atoms with Crippen LogP contribution in [0.25, 0.3) is 0 Å². The van der Waals surface area contributed by atoms with E-state index in [4.69, 9.17) is 5.73 Å². The van der Waals surface area contributed by atoms with Crippen molar-refractivity contribution in [3.63, 3.8) is 0 Å². The Morgan fingerprint density at radius 3 is 2.38 bits per heavy atom. The lowest BCUT2D eigenvalue weighted by atomic mass is 10.1. The van der Waals surface area contributed by atoms with Crippen molar-refractivity contribution < 1.29 is 0 Å². The third-order valence-electron chi connectivity index (χ3n) is 3.75. The quantitative estimate of drug-likeness (QED) is 0.722. The number of nitrogens with zero attached hydrogens (tertiary/aromatic N) is 1. The maximum absolute atomic E-state index is 5.84. The highest BCUT2D eigenvalue weighted by molar-refractivity contribution is 5.46.